The molecule has 0 aliphatic heterocycles. The van der Waals surface area contributed by atoms with Gasteiger partial charge in [0.05, 0.1) is 23.7 Å². The largest absolute Gasteiger partial charge is 0.354 e. The van der Waals surface area contributed by atoms with Gasteiger partial charge in [0.15, 0.2) is 0 Å². The molecule has 1 heterocycles. The number of nitrogens with zero attached hydrogens (tertiary/aromatic N) is 3. The first-order chi connectivity index (χ1) is 8.43. The summed E-state index contributed by atoms with van der Waals surface area (Å²) in [5.74, 6) is 0.488. The maximum atomic E-state index is 11.3. The second kappa shape index (κ2) is 6.86. The minimum Gasteiger partial charge on any atom is -0.354 e. The van der Waals surface area contributed by atoms with Gasteiger partial charge in [-0.05, 0) is 6.42 Å². The minimum absolute atomic E-state index is 0.481. The highest BCUT2D eigenvalue weighted by atomic mass is 35.5. The van der Waals surface area contributed by atoms with E-state index in [2.05, 4.69) is 15.3 Å². The Morgan fingerprint density at radius 2 is 2.00 bits per heavy atom. The highest BCUT2D eigenvalue weighted by Crippen LogP contribution is 2.05. The lowest BCUT2D eigenvalue weighted by atomic mass is 10.4. The van der Waals surface area contributed by atoms with Gasteiger partial charge >= 0.3 is 0 Å². The Bertz CT molecular complexity index is 463. The van der Waals surface area contributed by atoms with Crippen LogP contribution in [0.4, 0.5) is 5.95 Å². The van der Waals surface area contributed by atoms with E-state index in [0.29, 0.717) is 37.0 Å². The molecule has 102 valence electrons. The Balaban J connectivity index is 2.32. The average molecular weight is 293 g/mol. The molecule has 0 amide bonds. The molecule has 1 rings (SSSR count). The third-order valence-corrected chi connectivity index (χ3v) is 3.88. The summed E-state index contributed by atoms with van der Waals surface area (Å²) in [5, 5.41) is 3.48. The summed E-state index contributed by atoms with van der Waals surface area (Å²) in [7, 11) is -3.11. The van der Waals surface area contributed by atoms with E-state index in [0.717, 1.165) is 0 Å². The number of rotatable bonds is 7. The van der Waals surface area contributed by atoms with Crippen molar-refractivity contribution in [3.05, 3.63) is 17.4 Å². The van der Waals surface area contributed by atoms with E-state index in [9.17, 15) is 8.42 Å². The SMILES string of the molecule is CCN(CCCNc1ncc(Cl)cn1)S(C)(=O)=O. The third-order valence-electron chi connectivity index (χ3n) is 2.31. The van der Waals surface area contributed by atoms with Crippen molar-refractivity contribution in [1.29, 1.82) is 0 Å². The fraction of sp³-hybridized carbons (Fsp3) is 0.600. The van der Waals surface area contributed by atoms with Crippen LogP contribution in [0.25, 0.3) is 0 Å². The molecule has 0 aromatic carbocycles. The van der Waals surface area contributed by atoms with Gasteiger partial charge in [0, 0.05) is 19.6 Å². The number of halogens is 1. The summed E-state index contributed by atoms with van der Waals surface area (Å²) in [6.07, 6.45) is 4.91. The fourth-order valence-corrected chi connectivity index (χ4v) is 2.44. The summed E-state index contributed by atoms with van der Waals surface area (Å²) in [6, 6.07) is 0. The van der Waals surface area contributed by atoms with Crippen molar-refractivity contribution in [1.82, 2.24) is 14.3 Å². The molecular weight excluding hydrogens is 276 g/mol. The second-order valence-corrected chi connectivity index (χ2v) is 6.18. The van der Waals surface area contributed by atoms with Crippen LogP contribution in [0, 0.1) is 0 Å². The molecule has 1 N–H and O–H groups in total. The van der Waals surface area contributed by atoms with Crippen molar-refractivity contribution in [3.63, 3.8) is 0 Å². The molecule has 0 unspecified atom stereocenters. The third kappa shape index (κ3) is 5.16. The van der Waals surface area contributed by atoms with Gasteiger partial charge in [-0.25, -0.2) is 22.7 Å². The smallest absolute Gasteiger partial charge is 0.222 e. The predicted octanol–water partition coefficient (Wildman–Crippen LogP) is 1.21. The molecule has 0 atom stereocenters. The zero-order chi connectivity index (χ0) is 13.6. The summed E-state index contributed by atoms with van der Waals surface area (Å²) in [6.45, 7) is 3.39. The minimum atomic E-state index is -3.11. The quantitative estimate of drug-likeness (QED) is 0.765. The van der Waals surface area contributed by atoms with E-state index in [-0.39, 0.29) is 0 Å². The fourth-order valence-electron chi connectivity index (χ4n) is 1.42. The molecule has 0 saturated carbocycles. The topological polar surface area (TPSA) is 75.2 Å². The summed E-state index contributed by atoms with van der Waals surface area (Å²) in [5.41, 5.74) is 0. The molecule has 18 heavy (non-hydrogen) atoms. The van der Waals surface area contributed by atoms with Crippen molar-refractivity contribution in [2.45, 2.75) is 13.3 Å². The van der Waals surface area contributed by atoms with Gasteiger partial charge in [0.25, 0.3) is 0 Å². The normalized spacial score (nSPS) is 11.8. The van der Waals surface area contributed by atoms with Crippen LogP contribution in [0.2, 0.25) is 5.02 Å². The van der Waals surface area contributed by atoms with E-state index >= 15 is 0 Å². The van der Waals surface area contributed by atoms with Crippen LogP contribution in [0.15, 0.2) is 12.4 Å². The van der Waals surface area contributed by atoms with Crippen LogP contribution < -0.4 is 5.32 Å². The van der Waals surface area contributed by atoms with Gasteiger partial charge in [-0.2, -0.15) is 0 Å². The maximum Gasteiger partial charge on any atom is 0.222 e. The molecule has 1 aromatic heterocycles. The zero-order valence-corrected chi connectivity index (χ0v) is 12.0. The Labute approximate surface area is 112 Å². The molecule has 1 aromatic rings. The lowest BCUT2D eigenvalue weighted by molar-refractivity contribution is 0.428. The summed E-state index contributed by atoms with van der Waals surface area (Å²) < 4.78 is 24.1. The first-order valence-corrected chi connectivity index (χ1v) is 7.82. The van der Waals surface area contributed by atoms with Crippen LogP contribution in [-0.2, 0) is 10.0 Å². The van der Waals surface area contributed by atoms with Gasteiger partial charge in [0.2, 0.25) is 16.0 Å². The monoisotopic (exact) mass is 292 g/mol. The van der Waals surface area contributed by atoms with Crippen LogP contribution in [0.3, 0.4) is 0 Å². The van der Waals surface area contributed by atoms with Crippen LogP contribution in [0.5, 0.6) is 0 Å². The van der Waals surface area contributed by atoms with Gasteiger partial charge in [0.1, 0.15) is 0 Å². The Hall–Kier alpha value is -0.920. The number of aromatic nitrogens is 2. The lowest BCUT2D eigenvalue weighted by Gasteiger charge is -2.17. The van der Waals surface area contributed by atoms with E-state index < -0.39 is 10.0 Å². The van der Waals surface area contributed by atoms with Gasteiger partial charge in [-0.15, -0.1) is 0 Å². The van der Waals surface area contributed by atoms with E-state index in [4.69, 9.17) is 11.6 Å². The first-order valence-electron chi connectivity index (χ1n) is 5.60. The molecule has 0 saturated heterocycles. The van der Waals surface area contributed by atoms with Crippen LogP contribution >= 0.6 is 11.6 Å². The van der Waals surface area contributed by atoms with Gasteiger partial charge in [-0.1, -0.05) is 18.5 Å². The Kier molecular flexibility index (Phi) is 5.77. The maximum absolute atomic E-state index is 11.3. The molecule has 0 radical (unpaired) electrons. The molecule has 0 aliphatic carbocycles. The summed E-state index contributed by atoms with van der Waals surface area (Å²) >= 11 is 5.66. The number of sulfonamides is 1. The van der Waals surface area contributed by atoms with Crippen molar-refractivity contribution in [2.75, 3.05) is 31.2 Å². The number of hydrogen-bond acceptors (Lipinski definition) is 5. The zero-order valence-electron chi connectivity index (χ0n) is 10.4. The number of anilines is 1. The molecule has 0 spiro atoms. The second-order valence-electron chi connectivity index (χ2n) is 3.76. The highest BCUT2D eigenvalue weighted by molar-refractivity contribution is 7.88. The van der Waals surface area contributed by atoms with Crippen LogP contribution in [0.1, 0.15) is 13.3 Å². The molecule has 0 bridgehead atoms. The molecule has 8 heteroatoms. The molecule has 0 aliphatic rings. The lowest BCUT2D eigenvalue weighted by Crippen LogP contribution is -2.31. The van der Waals surface area contributed by atoms with Crippen molar-refractivity contribution >= 4 is 27.6 Å². The Morgan fingerprint density at radius 1 is 1.39 bits per heavy atom. The molecule has 6 nitrogen and oxygen atoms in total. The number of nitrogens with one attached hydrogen (secondary N) is 1. The standard InChI is InChI=1S/C10H17ClN4O2S/c1-3-15(18(2,16)17)6-4-5-12-10-13-7-9(11)8-14-10/h7-8H,3-6H2,1-2H3,(H,12,13,14). The van der Waals surface area contributed by atoms with Crippen molar-refractivity contribution in [2.24, 2.45) is 0 Å². The molecule has 0 fully saturated rings. The van der Waals surface area contributed by atoms with Crippen molar-refractivity contribution in [3.8, 4) is 0 Å². The van der Waals surface area contributed by atoms with E-state index in [1.165, 1.54) is 23.0 Å². The van der Waals surface area contributed by atoms with E-state index in [1.54, 1.807) is 0 Å². The molecular formula is C10H17ClN4O2S. The first kappa shape index (κ1) is 15.1. The highest BCUT2D eigenvalue weighted by Gasteiger charge is 2.12. The van der Waals surface area contributed by atoms with Crippen molar-refractivity contribution < 1.29 is 8.42 Å². The summed E-state index contributed by atoms with van der Waals surface area (Å²) in [4.78, 5) is 7.96. The Morgan fingerprint density at radius 3 is 2.50 bits per heavy atom. The average Bonchev–Trinajstić information content (AvgIpc) is 2.30. The van der Waals surface area contributed by atoms with E-state index in [1.807, 2.05) is 6.92 Å². The van der Waals surface area contributed by atoms with Gasteiger partial charge in [-0.3, -0.25) is 0 Å². The predicted molar refractivity (Wildman–Crippen MR) is 72.2 cm³/mol. The van der Waals surface area contributed by atoms with Crippen LogP contribution in [-0.4, -0.2) is 48.6 Å². The van der Waals surface area contributed by atoms with Gasteiger partial charge < -0.3 is 5.32 Å². The number of hydrogen-bond donors (Lipinski definition) is 1.